The van der Waals surface area contributed by atoms with Crippen LogP contribution in [0.3, 0.4) is 0 Å². The van der Waals surface area contributed by atoms with Gasteiger partial charge in [-0.1, -0.05) is 43.7 Å². The number of hydrogen-bond donors (Lipinski definition) is 3. The number of Topliss-reactive ketones (excluding diaryl/α,β-unsaturated/α-hetero) is 1. The number of cyclic esters (lactones) is 1. The molecule has 2 aromatic heterocycles. The number of carbonyl (C=O) groups is 5. The topological polar surface area (TPSA) is 203 Å². The van der Waals surface area contributed by atoms with E-state index in [4.69, 9.17) is 18.3 Å². The molecule has 0 saturated carbocycles. The van der Waals surface area contributed by atoms with Gasteiger partial charge in [0.25, 0.3) is 5.91 Å². The molecule has 4 heterocycles. The Hall–Kier alpha value is -5.05. The first kappa shape index (κ1) is 35.8. The Balaban J connectivity index is 1.54. The molecule has 4 rings (SSSR count). The largest absolute Gasteiger partial charge is 0.460 e. The van der Waals surface area contributed by atoms with E-state index >= 15 is 0 Å². The van der Waals surface area contributed by atoms with Crippen molar-refractivity contribution in [2.24, 2.45) is 11.8 Å². The van der Waals surface area contributed by atoms with Crippen molar-refractivity contribution in [2.75, 3.05) is 25.0 Å². The molecule has 5 atom stereocenters. The number of allylic oxidation sites excluding steroid dienone is 2. The fourth-order valence-electron chi connectivity index (χ4n) is 5.41. The smallest absolute Gasteiger partial charge is 0.412 e. The van der Waals surface area contributed by atoms with Crippen LogP contribution in [-0.2, 0) is 30.3 Å². The highest BCUT2D eigenvalue weighted by molar-refractivity contribution is 5.95. The molecule has 258 valence electrons. The third-order valence-electron chi connectivity index (χ3n) is 7.78. The number of rotatable bonds is 4. The van der Waals surface area contributed by atoms with Crippen molar-refractivity contribution in [1.82, 2.24) is 20.2 Å². The molecule has 1 fully saturated rings. The van der Waals surface area contributed by atoms with Gasteiger partial charge in [-0.2, -0.15) is 4.98 Å². The number of aryl methyl sites for hydroxylation is 1. The molecule has 0 aromatic carbocycles. The quantitative estimate of drug-likeness (QED) is 0.403. The molecule has 3 amide bonds. The van der Waals surface area contributed by atoms with Crippen LogP contribution in [0.4, 0.5) is 10.6 Å². The highest BCUT2D eigenvalue weighted by atomic mass is 16.6. The summed E-state index contributed by atoms with van der Waals surface area (Å²) in [5, 5.41) is 15.5. The zero-order valence-electron chi connectivity index (χ0n) is 27.3. The first-order valence-corrected chi connectivity index (χ1v) is 15.7. The lowest BCUT2D eigenvalue weighted by molar-refractivity contribution is -0.159. The van der Waals surface area contributed by atoms with Gasteiger partial charge in [0.05, 0.1) is 19.1 Å². The van der Waals surface area contributed by atoms with Crippen LogP contribution >= 0.6 is 0 Å². The van der Waals surface area contributed by atoms with Crippen molar-refractivity contribution in [3.8, 4) is 0 Å². The summed E-state index contributed by atoms with van der Waals surface area (Å²) >= 11 is 0. The number of ketones is 1. The van der Waals surface area contributed by atoms with E-state index in [-0.39, 0.29) is 55.7 Å². The normalized spacial score (nSPS) is 26.4. The van der Waals surface area contributed by atoms with Crippen LogP contribution in [0.2, 0.25) is 0 Å². The molecular formula is C33H41N5O10. The van der Waals surface area contributed by atoms with Crippen LogP contribution in [0.15, 0.2) is 57.3 Å². The Morgan fingerprint density at radius 3 is 2.71 bits per heavy atom. The van der Waals surface area contributed by atoms with E-state index in [1.807, 2.05) is 0 Å². The lowest BCUT2D eigenvalue weighted by atomic mass is 9.93. The summed E-state index contributed by atoms with van der Waals surface area (Å²) in [5.74, 6) is -2.45. The molecule has 0 radical (unpaired) electrons. The number of esters is 1. The summed E-state index contributed by atoms with van der Waals surface area (Å²) in [6.45, 7) is 7.18. The average molecular weight is 668 g/mol. The summed E-state index contributed by atoms with van der Waals surface area (Å²) in [6, 6.07) is -0.924. The number of aliphatic hydroxyl groups excluding tert-OH is 1. The first-order valence-electron chi connectivity index (χ1n) is 15.7. The van der Waals surface area contributed by atoms with Gasteiger partial charge >= 0.3 is 12.1 Å². The first-order chi connectivity index (χ1) is 22.9. The highest BCUT2D eigenvalue weighted by Gasteiger charge is 2.39. The Bertz CT molecular complexity index is 1570. The molecule has 0 unspecified atom stereocenters. The molecule has 2 bridgehead atoms. The number of oxazole rings is 2. The minimum Gasteiger partial charge on any atom is -0.460 e. The number of aromatic nitrogens is 2. The Kier molecular flexibility index (Phi) is 12.4. The number of hydrogen-bond acceptors (Lipinski definition) is 12. The second kappa shape index (κ2) is 16.7. The number of ether oxygens (including phenoxy) is 2. The molecule has 2 aromatic rings. The van der Waals surface area contributed by atoms with Crippen LogP contribution < -0.4 is 10.6 Å². The summed E-state index contributed by atoms with van der Waals surface area (Å²) in [7, 11) is 0. The van der Waals surface area contributed by atoms with Gasteiger partial charge in [-0.15, -0.1) is 0 Å². The van der Waals surface area contributed by atoms with Crippen molar-refractivity contribution >= 4 is 35.5 Å². The highest BCUT2D eigenvalue weighted by Crippen LogP contribution is 2.26. The van der Waals surface area contributed by atoms with Crippen molar-refractivity contribution < 1.29 is 47.4 Å². The molecule has 0 aliphatic carbocycles. The SMILES string of the molecule is CC1=C\[C@@H](O)CC(=O)Cc2nc(co2)C(=O)N2CCC[C@@H]2C(=O)O[C@H]([C@@H](C)COC(=O)Nc2coc(C)n2)[C@H](C)/C=C/C(=O)NC\C=C\1. The van der Waals surface area contributed by atoms with E-state index in [1.165, 1.54) is 23.3 Å². The molecule has 1 saturated heterocycles. The van der Waals surface area contributed by atoms with Gasteiger partial charge < -0.3 is 33.6 Å². The maximum atomic E-state index is 13.6. The van der Waals surface area contributed by atoms with Crippen LogP contribution in [0.25, 0.3) is 0 Å². The van der Waals surface area contributed by atoms with E-state index in [1.54, 1.807) is 45.9 Å². The van der Waals surface area contributed by atoms with Gasteiger partial charge in [-0.25, -0.2) is 14.6 Å². The Labute approximate surface area is 277 Å². The van der Waals surface area contributed by atoms with Gasteiger partial charge in [-0.05, 0) is 25.8 Å². The van der Waals surface area contributed by atoms with Crippen molar-refractivity contribution in [3.63, 3.8) is 0 Å². The number of aliphatic hydroxyl groups is 1. The van der Waals surface area contributed by atoms with Crippen LogP contribution in [0, 0.1) is 18.8 Å². The molecule has 3 N–H and O–H groups in total. The van der Waals surface area contributed by atoms with Gasteiger partial charge in [0.15, 0.2) is 17.4 Å². The zero-order chi connectivity index (χ0) is 34.8. The molecule has 2 aliphatic rings. The van der Waals surface area contributed by atoms with Crippen LogP contribution in [0.1, 0.15) is 62.3 Å². The number of nitrogens with one attached hydrogen (secondary N) is 2. The van der Waals surface area contributed by atoms with Gasteiger partial charge in [0.1, 0.15) is 30.5 Å². The Morgan fingerprint density at radius 1 is 1.17 bits per heavy atom. The van der Waals surface area contributed by atoms with Gasteiger partial charge in [0.2, 0.25) is 11.8 Å². The fourth-order valence-corrected chi connectivity index (χ4v) is 5.41. The second-order valence-corrected chi connectivity index (χ2v) is 11.9. The maximum Gasteiger partial charge on any atom is 0.412 e. The molecular weight excluding hydrogens is 626 g/mol. The third kappa shape index (κ3) is 10.2. The van der Waals surface area contributed by atoms with Gasteiger partial charge in [-0.3, -0.25) is 19.7 Å². The lowest BCUT2D eigenvalue weighted by Crippen LogP contribution is -2.44. The van der Waals surface area contributed by atoms with E-state index in [2.05, 4.69) is 20.6 Å². The van der Waals surface area contributed by atoms with Crippen LogP contribution in [-0.4, -0.2) is 87.6 Å². The number of nitrogens with zero attached hydrogens (tertiary/aromatic N) is 3. The second-order valence-electron chi connectivity index (χ2n) is 11.9. The standard InChI is InChI=1S/C33H41N5O10/c1-19-7-5-11-34-28(41)10-9-20(2)30(21(3)16-47-33(44)37-27-18-45-22(4)35-27)48-32(43)26-8-6-12-38(26)31(42)25-17-46-29(36-25)15-24(40)14-23(39)13-19/h5,7,9-10,13,17-18,20-21,23,26,30,39H,6,8,11-12,14-16H2,1-4H3,(H,34,41)(H,37,44)/b7-5+,10-9+,19-13+/t20-,21+,23-,26-,30+/m1/s1. The maximum absolute atomic E-state index is 13.6. The molecule has 0 spiro atoms. The van der Waals surface area contributed by atoms with E-state index in [0.717, 1.165) is 6.26 Å². The fraction of sp³-hybridized carbons (Fsp3) is 0.485. The van der Waals surface area contributed by atoms with Crippen molar-refractivity contribution in [1.29, 1.82) is 0 Å². The molecule has 2 aliphatic heterocycles. The van der Waals surface area contributed by atoms with Crippen molar-refractivity contribution in [3.05, 3.63) is 66.0 Å². The monoisotopic (exact) mass is 667 g/mol. The predicted molar refractivity (Wildman–Crippen MR) is 169 cm³/mol. The van der Waals surface area contributed by atoms with Gasteiger partial charge in [0, 0.05) is 38.3 Å². The van der Waals surface area contributed by atoms with E-state index < -0.39 is 54.0 Å². The average Bonchev–Trinajstić information content (AvgIpc) is 3.80. The summed E-state index contributed by atoms with van der Waals surface area (Å²) in [5.41, 5.74) is 0.619. The molecule has 15 heteroatoms. The molecule has 48 heavy (non-hydrogen) atoms. The lowest BCUT2D eigenvalue weighted by Gasteiger charge is -2.30. The summed E-state index contributed by atoms with van der Waals surface area (Å²) in [4.78, 5) is 74.1. The predicted octanol–water partition coefficient (Wildman–Crippen LogP) is 3.06. The summed E-state index contributed by atoms with van der Waals surface area (Å²) in [6.07, 6.45) is 8.01. The minimum atomic E-state index is -1.05. The van der Waals surface area contributed by atoms with Crippen molar-refractivity contribution in [2.45, 2.75) is 71.6 Å². The zero-order valence-corrected chi connectivity index (χ0v) is 27.3. The summed E-state index contributed by atoms with van der Waals surface area (Å²) < 4.78 is 21.8. The minimum absolute atomic E-state index is 0.0147. The number of carbonyl (C=O) groups excluding carboxylic acids is 5. The third-order valence-corrected chi connectivity index (χ3v) is 7.78. The number of fused-ring (bicyclic) bond motifs is 3. The number of amides is 3. The molecule has 15 nitrogen and oxygen atoms in total. The van der Waals surface area contributed by atoms with Crippen LogP contribution in [0.5, 0.6) is 0 Å². The van der Waals surface area contributed by atoms with E-state index in [9.17, 15) is 29.1 Å². The van der Waals surface area contributed by atoms with E-state index in [0.29, 0.717) is 24.3 Å². The Morgan fingerprint density at radius 2 is 1.96 bits per heavy atom. The number of anilines is 1.